The van der Waals surface area contributed by atoms with Gasteiger partial charge in [-0.2, -0.15) is 0 Å². The van der Waals surface area contributed by atoms with Gasteiger partial charge in [0.1, 0.15) is 23.9 Å². The number of carbonyl (C=O) groups excluding carboxylic acids is 2. The molecular weight excluding hydrogens is 416 g/mol. The molecule has 0 aliphatic heterocycles. The molecule has 0 fully saturated rings. The molecule has 0 atom stereocenters. The second-order valence-corrected chi connectivity index (χ2v) is 9.30. The number of carbonyl (C=O) groups is 2. The number of benzene rings is 3. The molecule has 3 aromatic carbocycles. The lowest BCUT2D eigenvalue weighted by Gasteiger charge is -2.18. The first kappa shape index (κ1) is 24.1. The second-order valence-electron chi connectivity index (χ2n) is 9.30. The lowest BCUT2D eigenvalue weighted by atomic mass is 9.88. The van der Waals surface area contributed by atoms with Gasteiger partial charge in [0.15, 0.2) is 5.78 Å². The average molecular weight is 447 g/mol. The van der Waals surface area contributed by atoms with Crippen LogP contribution in [0.2, 0.25) is 0 Å². The zero-order valence-electron chi connectivity index (χ0n) is 19.6. The molecular formula is C28H30O5. The molecule has 33 heavy (non-hydrogen) atoms. The molecule has 3 rings (SSSR count). The van der Waals surface area contributed by atoms with Crippen LogP contribution >= 0.6 is 0 Å². The number of Topliss-reactive ketones (excluding diaryl/α,β-unsaturated/α-hetero) is 1. The van der Waals surface area contributed by atoms with Crippen molar-refractivity contribution in [2.75, 3.05) is 0 Å². The van der Waals surface area contributed by atoms with Crippen LogP contribution in [0.15, 0.2) is 60.7 Å². The summed E-state index contributed by atoms with van der Waals surface area (Å²) in [6.45, 7) is 8.73. The molecule has 0 unspecified atom stereocenters. The summed E-state index contributed by atoms with van der Waals surface area (Å²) in [6.07, 6.45) is 1.14. The predicted molar refractivity (Wildman–Crippen MR) is 129 cm³/mol. The van der Waals surface area contributed by atoms with Gasteiger partial charge in [0, 0.05) is 12.0 Å². The van der Waals surface area contributed by atoms with Crippen LogP contribution in [0.25, 0.3) is 11.1 Å². The predicted octanol–water partition coefficient (Wildman–Crippen LogP) is 6.49. The summed E-state index contributed by atoms with van der Waals surface area (Å²) in [5.74, 6) is 0.928. The van der Waals surface area contributed by atoms with Crippen molar-refractivity contribution in [3.63, 3.8) is 0 Å². The summed E-state index contributed by atoms with van der Waals surface area (Å²) in [6, 6.07) is 18.5. The first-order valence-corrected chi connectivity index (χ1v) is 11.0. The fourth-order valence-corrected chi connectivity index (χ4v) is 3.49. The number of ether oxygens (including phenoxy) is 2. The van der Waals surface area contributed by atoms with Gasteiger partial charge in [0.05, 0.1) is 5.56 Å². The molecule has 0 radical (unpaired) electrons. The Kier molecular flexibility index (Phi) is 7.54. The van der Waals surface area contributed by atoms with Gasteiger partial charge in [-0.15, -0.1) is 0 Å². The quantitative estimate of drug-likeness (QED) is 0.300. The third kappa shape index (κ3) is 6.45. The van der Waals surface area contributed by atoms with Crippen molar-refractivity contribution in [3.05, 3.63) is 77.4 Å². The van der Waals surface area contributed by atoms with Crippen LogP contribution in [-0.2, 0) is 11.4 Å². The number of phenolic OH excluding ortho intramolecular Hbond substituents is 1. The van der Waals surface area contributed by atoms with Gasteiger partial charge < -0.3 is 14.6 Å². The highest BCUT2D eigenvalue weighted by molar-refractivity contribution is 5.99. The van der Waals surface area contributed by atoms with Gasteiger partial charge in [-0.3, -0.25) is 9.59 Å². The highest BCUT2D eigenvalue weighted by atomic mass is 16.5. The van der Waals surface area contributed by atoms with Gasteiger partial charge in [-0.25, -0.2) is 0 Å². The van der Waals surface area contributed by atoms with E-state index in [-0.39, 0.29) is 16.9 Å². The van der Waals surface area contributed by atoms with Crippen molar-refractivity contribution in [3.8, 4) is 28.4 Å². The fourth-order valence-electron chi connectivity index (χ4n) is 3.49. The first-order valence-electron chi connectivity index (χ1n) is 11.0. The van der Waals surface area contributed by atoms with Crippen molar-refractivity contribution in [2.45, 2.75) is 47.1 Å². The maximum Gasteiger partial charge on any atom is 0.298 e. The van der Waals surface area contributed by atoms with E-state index in [1.807, 2.05) is 36.4 Å². The van der Waals surface area contributed by atoms with E-state index in [1.165, 1.54) is 0 Å². The average Bonchev–Trinajstić information content (AvgIpc) is 2.78. The van der Waals surface area contributed by atoms with Crippen molar-refractivity contribution >= 4 is 12.3 Å². The molecule has 5 nitrogen and oxygen atoms in total. The Hall–Kier alpha value is -3.60. The number of phenols is 1. The molecule has 172 valence electrons. The Morgan fingerprint density at radius 3 is 2.39 bits per heavy atom. The molecule has 0 saturated heterocycles. The van der Waals surface area contributed by atoms with Crippen LogP contribution in [0.5, 0.6) is 17.2 Å². The highest BCUT2D eigenvalue weighted by Crippen LogP contribution is 2.33. The van der Waals surface area contributed by atoms with Crippen LogP contribution in [-0.4, -0.2) is 17.4 Å². The molecule has 0 heterocycles. The number of ketones is 1. The third-order valence-corrected chi connectivity index (χ3v) is 5.46. The zero-order chi connectivity index (χ0) is 24.0. The molecule has 3 aromatic rings. The SMILES string of the molecule is Cc1c(OCc2cccc(-c3cccc(OC=O)c3)c2)ccc(C(=O)CCC(C)(C)C)c1O. The molecule has 1 N–H and O–H groups in total. The molecule has 0 aliphatic rings. The largest absolute Gasteiger partial charge is 0.507 e. The monoisotopic (exact) mass is 446 g/mol. The fraction of sp³-hybridized carbons (Fsp3) is 0.286. The Morgan fingerprint density at radius 2 is 1.70 bits per heavy atom. The van der Waals surface area contributed by atoms with Crippen molar-refractivity contribution in [1.82, 2.24) is 0 Å². The highest BCUT2D eigenvalue weighted by Gasteiger charge is 2.19. The maximum atomic E-state index is 12.6. The molecule has 0 bridgehead atoms. The molecule has 0 aromatic heterocycles. The maximum absolute atomic E-state index is 12.6. The topological polar surface area (TPSA) is 72.8 Å². The summed E-state index contributed by atoms with van der Waals surface area (Å²) >= 11 is 0. The number of hydrogen-bond acceptors (Lipinski definition) is 5. The van der Waals surface area contributed by atoms with Crippen molar-refractivity contribution < 1.29 is 24.2 Å². The van der Waals surface area contributed by atoms with Crippen LogP contribution in [0.4, 0.5) is 0 Å². The Balaban J connectivity index is 1.72. The molecule has 0 saturated carbocycles. The number of hydrogen-bond donors (Lipinski definition) is 1. The van der Waals surface area contributed by atoms with E-state index < -0.39 is 0 Å². The normalized spacial score (nSPS) is 11.2. The second kappa shape index (κ2) is 10.3. The summed E-state index contributed by atoms with van der Waals surface area (Å²) in [5, 5.41) is 10.6. The van der Waals surface area contributed by atoms with Crippen LogP contribution in [0.3, 0.4) is 0 Å². The Bertz CT molecular complexity index is 1140. The molecule has 0 spiro atoms. The summed E-state index contributed by atoms with van der Waals surface area (Å²) in [7, 11) is 0. The number of rotatable bonds is 9. The molecule has 0 amide bonds. The van der Waals surface area contributed by atoms with Gasteiger partial charge >= 0.3 is 0 Å². The van der Waals surface area contributed by atoms with E-state index in [9.17, 15) is 14.7 Å². The third-order valence-electron chi connectivity index (χ3n) is 5.46. The van der Waals surface area contributed by atoms with Gasteiger partial charge in [-0.1, -0.05) is 51.1 Å². The standard InChI is InChI=1S/C28H30O5/c1-19-26(12-11-24(27(19)31)25(30)13-14-28(2,3)4)32-17-20-7-5-8-21(15-20)22-9-6-10-23(16-22)33-18-29/h5-12,15-16,18,31H,13-14,17H2,1-4H3. The van der Waals surface area contributed by atoms with Gasteiger partial charge in [-0.05, 0) is 65.8 Å². The Morgan fingerprint density at radius 1 is 1.00 bits per heavy atom. The Labute approximate surface area is 195 Å². The van der Waals surface area contributed by atoms with Crippen molar-refractivity contribution in [2.24, 2.45) is 5.41 Å². The van der Waals surface area contributed by atoms with Crippen LogP contribution in [0.1, 0.15) is 55.1 Å². The minimum atomic E-state index is -0.0643. The molecule has 5 heteroatoms. The lowest BCUT2D eigenvalue weighted by molar-refractivity contribution is -0.120. The van der Waals surface area contributed by atoms with Gasteiger partial charge in [0.25, 0.3) is 6.47 Å². The van der Waals surface area contributed by atoms with E-state index in [2.05, 4.69) is 20.8 Å². The minimum Gasteiger partial charge on any atom is -0.507 e. The summed E-state index contributed by atoms with van der Waals surface area (Å²) in [5.41, 5.74) is 3.77. The van der Waals surface area contributed by atoms with Crippen LogP contribution in [0, 0.1) is 12.3 Å². The van der Waals surface area contributed by atoms with E-state index in [4.69, 9.17) is 9.47 Å². The molecule has 0 aliphatic carbocycles. The zero-order valence-corrected chi connectivity index (χ0v) is 19.6. The van der Waals surface area contributed by atoms with Crippen molar-refractivity contribution in [1.29, 1.82) is 0 Å². The summed E-state index contributed by atoms with van der Waals surface area (Å²) in [4.78, 5) is 23.2. The lowest BCUT2D eigenvalue weighted by Crippen LogP contribution is -2.09. The van der Waals surface area contributed by atoms with E-state index in [0.717, 1.165) is 23.1 Å². The summed E-state index contributed by atoms with van der Waals surface area (Å²) < 4.78 is 10.9. The van der Waals surface area contributed by atoms with E-state index >= 15 is 0 Å². The van der Waals surface area contributed by atoms with E-state index in [0.29, 0.717) is 42.1 Å². The van der Waals surface area contributed by atoms with Gasteiger partial charge in [0.2, 0.25) is 0 Å². The minimum absolute atomic E-state index is 0.0212. The number of aromatic hydroxyl groups is 1. The van der Waals surface area contributed by atoms with E-state index in [1.54, 1.807) is 31.2 Å². The smallest absolute Gasteiger partial charge is 0.298 e. The first-order chi connectivity index (χ1) is 15.7. The van der Waals surface area contributed by atoms with Crippen LogP contribution < -0.4 is 9.47 Å².